The lowest BCUT2D eigenvalue weighted by atomic mass is 9.73. The lowest BCUT2D eigenvalue weighted by molar-refractivity contribution is -0.136. The van der Waals surface area contributed by atoms with Crippen LogP contribution < -0.4 is 5.32 Å². The summed E-state index contributed by atoms with van der Waals surface area (Å²) < 4.78 is 0. The van der Waals surface area contributed by atoms with Crippen molar-refractivity contribution in [3.8, 4) is 0 Å². The summed E-state index contributed by atoms with van der Waals surface area (Å²) in [6.45, 7) is 1.10. The van der Waals surface area contributed by atoms with Crippen LogP contribution >= 0.6 is 0 Å². The number of piperidine rings is 1. The van der Waals surface area contributed by atoms with Crippen molar-refractivity contribution in [2.24, 2.45) is 11.8 Å². The number of carboxylic acids is 1. The number of aliphatic carboxylic acids is 1. The summed E-state index contributed by atoms with van der Waals surface area (Å²) >= 11 is 0. The number of rotatable bonds is 2. The zero-order chi connectivity index (χ0) is 12.5. The fourth-order valence-electron chi connectivity index (χ4n) is 3.38. The predicted octanol–water partition coefficient (Wildman–Crippen LogP) is 2.62. The second-order valence-electron chi connectivity index (χ2n) is 5.56. The van der Waals surface area contributed by atoms with Crippen LogP contribution in [0.2, 0.25) is 0 Å². The second kappa shape index (κ2) is 4.63. The summed E-state index contributed by atoms with van der Waals surface area (Å²) in [6, 6.07) is 0. The zero-order valence-electron chi connectivity index (χ0n) is 10.5. The van der Waals surface area contributed by atoms with Crippen molar-refractivity contribution in [3.05, 3.63) is 35.1 Å². The number of fused-ring (bicyclic) bond motifs is 2. The summed E-state index contributed by atoms with van der Waals surface area (Å²) in [5, 5.41) is 12.4. The number of hydrogen-bond acceptors (Lipinski definition) is 2. The van der Waals surface area contributed by atoms with Gasteiger partial charge < -0.3 is 10.4 Å². The number of carbonyl (C=O) groups is 1. The smallest absolute Gasteiger partial charge is 0.307 e. The normalized spacial score (nSPS) is 30.1. The maximum absolute atomic E-state index is 10.8. The van der Waals surface area contributed by atoms with Crippen LogP contribution in [-0.4, -0.2) is 17.6 Å². The van der Waals surface area contributed by atoms with Gasteiger partial charge in [-0.2, -0.15) is 0 Å². The molecule has 3 aliphatic rings. The van der Waals surface area contributed by atoms with Gasteiger partial charge in [0.15, 0.2) is 0 Å². The third-order valence-electron chi connectivity index (χ3n) is 4.26. The molecular formula is C15H19NO2. The van der Waals surface area contributed by atoms with Crippen molar-refractivity contribution >= 4 is 5.97 Å². The quantitative estimate of drug-likeness (QED) is 0.786. The fraction of sp³-hybridized carbons (Fsp3) is 0.533. The van der Waals surface area contributed by atoms with Crippen LogP contribution in [0.15, 0.2) is 35.1 Å². The SMILES string of the molecule is O=C(O)CC1=CC=C2C=C3NCCCC3CC2C1. The molecule has 3 rings (SSSR count). The van der Waals surface area contributed by atoms with Crippen LogP contribution in [0, 0.1) is 11.8 Å². The van der Waals surface area contributed by atoms with E-state index in [2.05, 4.69) is 17.5 Å². The fourth-order valence-corrected chi connectivity index (χ4v) is 3.38. The Kier molecular flexibility index (Phi) is 2.98. The van der Waals surface area contributed by atoms with E-state index in [0.717, 1.165) is 18.5 Å². The van der Waals surface area contributed by atoms with E-state index in [1.54, 1.807) is 0 Å². The summed E-state index contributed by atoms with van der Waals surface area (Å²) in [5.41, 5.74) is 3.85. The summed E-state index contributed by atoms with van der Waals surface area (Å²) in [7, 11) is 0. The summed E-state index contributed by atoms with van der Waals surface area (Å²) in [5.74, 6) is 0.493. The monoisotopic (exact) mass is 245 g/mol. The molecule has 3 nitrogen and oxygen atoms in total. The third kappa shape index (κ3) is 2.22. The Labute approximate surface area is 107 Å². The molecule has 1 aliphatic heterocycles. The van der Waals surface area contributed by atoms with Crippen LogP contribution in [0.1, 0.15) is 32.1 Å². The molecule has 0 saturated carbocycles. The average molecular weight is 245 g/mol. The van der Waals surface area contributed by atoms with Gasteiger partial charge in [0.05, 0.1) is 6.42 Å². The van der Waals surface area contributed by atoms with Gasteiger partial charge in [-0.05, 0) is 49.2 Å². The van der Waals surface area contributed by atoms with E-state index in [1.807, 2.05) is 6.08 Å². The topological polar surface area (TPSA) is 49.3 Å². The van der Waals surface area contributed by atoms with E-state index in [9.17, 15) is 4.79 Å². The molecule has 1 heterocycles. The molecule has 2 N–H and O–H groups in total. The van der Waals surface area contributed by atoms with E-state index < -0.39 is 5.97 Å². The number of nitrogens with one attached hydrogen (secondary N) is 1. The molecule has 0 aromatic rings. The average Bonchev–Trinajstić information content (AvgIpc) is 2.35. The first kappa shape index (κ1) is 11.6. The van der Waals surface area contributed by atoms with Crippen molar-refractivity contribution < 1.29 is 9.90 Å². The minimum absolute atomic E-state index is 0.194. The number of hydrogen-bond donors (Lipinski definition) is 2. The molecule has 1 saturated heterocycles. The highest BCUT2D eigenvalue weighted by atomic mass is 16.4. The highest BCUT2D eigenvalue weighted by molar-refractivity contribution is 5.70. The third-order valence-corrected chi connectivity index (χ3v) is 4.26. The lowest BCUT2D eigenvalue weighted by Crippen LogP contribution is -2.32. The largest absolute Gasteiger partial charge is 0.481 e. The summed E-state index contributed by atoms with van der Waals surface area (Å²) in [6.07, 6.45) is 11.3. The van der Waals surface area contributed by atoms with Crippen molar-refractivity contribution in [1.82, 2.24) is 5.32 Å². The van der Waals surface area contributed by atoms with Gasteiger partial charge in [-0.3, -0.25) is 4.79 Å². The molecule has 0 bridgehead atoms. The molecular weight excluding hydrogens is 226 g/mol. The van der Waals surface area contributed by atoms with Crippen molar-refractivity contribution in [2.45, 2.75) is 32.1 Å². The van der Waals surface area contributed by atoms with Crippen LogP contribution in [-0.2, 0) is 4.79 Å². The number of allylic oxidation sites excluding steroid dienone is 5. The van der Waals surface area contributed by atoms with Gasteiger partial charge >= 0.3 is 5.97 Å². The Hall–Kier alpha value is -1.51. The first-order chi connectivity index (χ1) is 8.72. The maximum Gasteiger partial charge on any atom is 0.307 e. The molecule has 2 atom stereocenters. The first-order valence-corrected chi connectivity index (χ1v) is 6.79. The van der Waals surface area contributed by atoms with Gasteiger partial charge in [0.25, 0.3) is 0 Å². The molecule has 0 aromatic carbocycles. The minimum Gasteiger partial charge on any atom is -0.481 e. The van der Waals surface area contributed by atoms with Crippen LogP contribution in [0.25, 0.3) is 0 Å². The number of carboxylic acid groups (broad SMARTS) is 1. The Morgan fingerprint density at radius 3 is 3.11 bits per heavy atom. The highest BCUT2D eigenvalue weighted by Gasteiger charge is 2.30. The predicted molar refractivity (Wildman–Crippen MR) is 70.0 cm³/mol. The maximum atomic E-state index is 10.8. The molecule has 96 valence electrons. The van der Waals surface area contributed by atoms with E-state index in [1.165, 1.54) is 30.5 Å². The van der Waals surface area contributed by atoms with Gasteiger partial charge in [0.2, 0.25) is 0 Å². The minimum atomic E-state index is -0.718. The highest BCUT2D eigenvalue weighted by Crippen LogP contribution is 2.41. The van der Waals surface area contributed by atoms with Crippen molar-refractivity contribution in [2.75, 3.05) is 6.54 Å². The van der Waals surface area contributed by atoms with E-state index in [-0.39, 0.29) is 6.42 Å². The van der Waals surface area contributed by atoms with E-state index in [0.29, 0.717) is 11.8 Å². The molecule has 0 spiro atoms. The van der Waals surface area contributed by atoms with Crippen LogP contribution in [0.4, 0.5) is 0 Å². The molecule has 3 heteroatoms. The van der Waals surface area contributed by atoms with Crippen LogP contribution in [0.5, 0.6) is 0 Å². The van der Waals surface area contributed by atoms with Gasteiger partial charge in [0, 0.05) is 12.2 Å². The molecule has 1 fully saturated rings. The second-order valence-corrected chi connectivity index (χ2v) is 5.56. The Morgan fingerprint density at radius 2 is 2.28 bits per heavy atom. The van der Waals surface area contributed by atoms with Crippen molar-refractivity contribution in [3.63, 3.8) is 0 Å². The van der Waals surface area contributed by atoms with E-state index in [4.69, 9.17) is 5.11 Å². The molecule has 2 unspecified atom stereocenters. The van der Waals surface area contributed by atoms with Gasteiger partial charge in [-0.15, -0.1) is 0 Å². The molecule has 0 aromatic heterocycles. The van der Waals surface area contributed by atoms with Crippen LogP contribution in [0.3, 0.4) is 0 Å². The zero-order valence-corrected chi connectivity index (χ0v) is 10.5. The first-order valence-electron chi connectivity index (χ1n) is 6.79. The molecule has 0 amide bonds. The lowest BCUT2D eigenvalue weighted by Gasteiger charge is -2.36. The molecule has 18 heavy (non-hydrogen) atoms. The standard InChI is InChI=1S/C15H19NO2/c17-15(18)7-10-3-4-11-9-14-12(2-1-5-16-14)8-13(11)6-10/h3-4,9,12-13,16H,1-2,5-8H2,(H,17,18). The van der Waals surface area contributed by atoms with E-state index >= 15 is 0 Å². The summed E-state index contributed by atoms with van der Waals surface area (Å²) in [4.78, 5) is 10.8. The van der Waals surface area contributed by atoms with Crippen molar-refractivity contribution in [1.29, 1.82) is 0 Å². The Balaban J connectivity index is 1.80. The molecule has 0 radical (unpaired) electrons. The van der Waals surface area contributed by atoms with Gasteiger partial charge in [0.1, 0.15) is 0 Å². The Bertz CT molecular complexity index is 459. The Morgan fingerprint density at radius 1 is 1.39 bits per heavy atom. The molecule has 2 aliphatic carbocycles. The van der Waals surface area contributed by atoms with Gasteiger partial charge in [-0.25, -0.2) is 0 Å². The van der Waals surface area contributed by atoms with Gasteiger partial charge in [-0.1, -0.05) is 17.7 Å².